The van der Waals surface area contributed by atoms with Crippen LogP contribution in [0.2, 0.25) is 0 Å². The summed E-state index contributed by atoms with van der Waals surface area (Å²) in [6, 6.07) is 12.1. The van der Waals surface area contributed by atoms with Gasteiger partial charge in [0.05, 0.1) is 34.3 Å². The first kappa shape index (κ1) is 18.1. The largest absolute Gasteiger partial charge is 0.478 e. The highest BCUT2D eigenvalue weighted by Gasteiger charge is 2.28. The Morgan fingerprint density at radius 2 is 1.75 bits per heavy atom. The molecule has 2 aromatic carbocycles. The van der Waals surface area contributed by atoms with Crippen LogP contribution in [0.15, 0.2) is 75.5 Å². The molecule has 1 aliphatic heterocycles. The lowest BCUT2D eigenvalue weighted by Gasteiger charge is -2.37. The third-order valence-corrected chi connectivity index (χ3v) is 5.75. The average molecular weight is 392 g/mol. The number of anilines is 1. The summed E-state index contributed by atoms with van der Waals surface area (Å²) in [5.41, 5.74) is 1.89. The molecule has 140 valence electrons. The highest BCUT2D eigenvalue weighted by atomic mass is 32.2. The topological polar surface area (TPSA) is 90.2 Å². The molecule has 2 aromatic rings. The van der Waals surface area contributed by atoms with Crippen molar-refractivity contribution in [1.82, 2.24) is 0 Å². The zero-order chi connectivity index (χ0) is 19.8. The fraction of sp³-hybridized carbons (Fsp3) is 0.0952. The van der Waals surface area contributed by atoms with Crippen LogP contribution in [0.1, 0.15) is 20.7 Å². The third-order valence-electron chi connectivity index (χ3n) is 4.59. The standard InChI is InChI=1S/C21H16N2O4S/c1-23-16-4-2-3-5-18(16)28-19-11-14(6-7-17(19)23)22-15-9-12(20(24)25)8-13(10-15)21(26)27/h2-11,17H,1H3,(H,24,25)(H,26,27). The van der Waals surface area contributed by atoms with E-state index in [1.165, 1.54) is 17.8 Å². The lowest BCUT2D eigenvalue weighted by molar-refractivity contribution is 0.0696. The van der Waals surface area contributed by atoms with E-state index < -0.39 is 11.9 Å². The van der Waals surface area contributed by atoms with Gasteiger partial charge in [-0.25, -0.2) is 14.6 Å². The van der Waals surface area contributed by atoms with Crippen LogP contribution in [0, 0.1) is 0 Å². The smallest absolute Gasteiger partial charge is 0.335 e. The molecular weight excluding hydrogens is 376 g/mol. The van der Waals surface area contributed by atoms with E-state index in [2.05, 4.69) is 22.0 Å². The number of thioether (sulfide) groups is 1. The second kappa shape index (κ2) is 7.01. The number of para-hydroxylation sites is 1. The molecule has 28 heavy (non-hydrogen) atoms. The molecule has 0 fully saturated rings. The maximum Gasteiger partial charge on any atom is 0.335 e. The van der Waals surface area contributed by atoms with Gasteiger partial charge >= 0.3 is 11.9 Å². The van der Waals surface area contributed by atoms with Gasteiger partial charge in [-0.3, -0.25) is 0 Å². The zero-order valence-corrected chi connectivity index (χ0v) is 15.7. The molecule has 0 spiro atoms. The van der Waals surface area contributed by atoms with Gasteiger partial charge in [0.25, 0.3) is 0 Å². The molecule has 7 heteroatoms. The minimum atomic E-state index is -1.19. The maximum atomic E-state index is 11.3. The number of fused-ring (bicyclic) bond motifs is 2. The van der Waals surface area contributed by atoms with E-state index in [0.29, 0.717) is 11.4 Å². The summed E-state index contributed by atoms with van der Waals surface area (Å²) in [6.07, 6.45) is 5.86. The number of benzene rings is 2. The van der Waals surface area contributed by atoms with Crippen LogP contribution >= 0.6 is 11.8 Å². The molecule has 1 unspecified atom stereocenters. The molecule has 0 radical (unpaired) electrons. The predicted molar refractivity (Wildman–Crippen MR) is 109 cm³/mol. The normalized spacial score (nSPS) is 19.0. The highest BCUT2D eigenvalue weighted by Crippen LogP contribution is 2.44. The van der Waals surface area contributed by atoms with Gasteiger partial charge in [-0.1, -0.05) is 30.0 Å². The molecule has 0 saturated carbocycles. The molecule has 2 aliphatic rings. The Bertz CT molecular complexity index is 1060. The quantitative estimate of drug-likeness (QED) is 0.813. The minimum Gasteiger partial charge on any atom is -0.478 e. The number of carboxylic acid groups (broad SMARTS) is 2. The van der Waals surface area contributed by atoms with Crippen LogP contribution in [-0.4, -0.2) is 41.0 Å². The molecule has 0 aromatic heterocycles. The Balaban J connectivity index is 1.72. The third kappa shape index (κ3) is 3.32. The molecular formula is C21H16N2O4S. The van der Waals surface area contributed by atoms with E-state index in [0.717, 1.165) is 15.9 Å². The van der Waals surface area contributed by atoms with Crippen LogP contribution in [0.3, 0.4) is 0 Å². The molecule has 6 nitrogen and oxygen atoms in total. The molecule has 4 rings (SSSR count). The fourth-order valence-corrected chi connectivity index (χ4v) is 4.48. The Labute approximate surface area is 165 Å². The second-order valence-electron chi connectivity index (χ2n) is 6.45. The number of aliphatic imine (C=N–C) groups is 1. The first-order chi connectivity index (χ1) is 13.4. The van der Waals surface area contributed by atoms with Gasteiger partial charge in [0.2, 0.25) is 0 Å². The van der Waals surface area contributed by atoms with Gasteiger partial charge in [0.15, 0.2) is 0 Å². The summed E-state index contributed by atoms with van der Waals surface area (Å²) in [4.78, 5) is 31.5. The lowest BCUT2D eigenvalue weighted by atomic mass is 10.1. The molecule has 0 amide bonds. The van der Waals surface area contributed by atoms with E-state index in [1.54, 1.807) is 11.8 Å². The van der Waals surface area contributed by atoms with E-state index >= 15 is 0 Å². The lowest BCUT2D eigenvalue weighted by Crippen LogP contribution is -2.35. The Morgan fingerprint density at radius 1 is 1.07 bits per heavy atom. The van der Waals surface area contributed by atoms with Gasteiger partial charge in [-0.05, 0) is 42.5 Å². The van der Waals surface area contributed by atoms with E-state index in [9.17, 15) is 19.8 Å². The van der Waals surface area contributed by atoms with Crippen molar-refractivity contribution in [2.24, 2.45) is 4.99 Å². The van der Waals surface area contributed by atoms with Gasteiger partial charge in [0.1, 0.15) is 0 Å². The molecule has 1 heterocycles. The summed E-state index contributed by atoms with van der Waals surface area (Å²) < 4.78 is 0. The Hall–Kier alpha value is -3.32. The second-order valence-corrected chi connectivity index (χ2v) is 7.56. The van der Waals surface area contributed by atoms with Crippen molar-refractivity contribution in [1.29, 1.82) is 0 Å². The summed E-state index contributed by atoms with van der Waals surface area (Å²) in [5, 5.41) is 18.4. The van der Waals surface area contributed by atoms with Crippen molar-refractivity contribution in [2.75, 3.05) is 11.9 Å². The number of hydrogen-bond acceptors (Lipinski definition) is 5. The average Bonchev–Trinajstić information content (AvgIpc) is 2.67. The first-order valence-electron chi connectivity index (χ1n) is 8.52. The maximum absolute atomic E-state index is 11.3. The molecule has 1 aliphatic carbocycles. The van der Waals surface area contributed by atoms with Crippen LogP contribution in [0.5, 0.6) is 0 Å². The Morgan fingerprint density at radius 3 is 2.43 bits per heavy atom. The van der Waals surface area contributed by atoms with Crippen LogP contribution < -0.4 is 4.90 Å². The van der Waals surface area contributed by atoms with Crippen LogP contribution in [0.4, 0.5) is 11.4 Å². The molecule has 1 atom stereocenters. The highest BCUT2D eigenvalue weighted by molar-refractivity contribution is 8.03. The molecule has 2 N–H and O–H groups in total. The summed E-state index contributed by atoms with van der Waals surface area (Å²) >= 11 is 1.67. The number of likely N-dealkylation sites (N-methyl/N-ethyl adjacent to an activating group) is 1. The molecule has 0 saturated heterocycles. The van der Waals surface area contributed by atoms with E-state index in [4.69, 9.17) is 0 Å². The zero-order valence-electron chi connectivity index (χ0n) is 14.9. The van der Waals surface area contributed by atoms with Crippen molar-refractivity contribution >= 4 is 40.8 Å². The monoisotopic (exact) mass is 392 g/mol. The van der Waals surface area contributed by atoms with Crippen molar-refractivity contribution < 1.29 is 19.8 Å². The SMILES string of the molecule is CN1c2ccccc2SC2=CC(=Nc3cc(C(=O)O)cc(C(=O)O)c3)C=CC21. The number of carbonyl (C=O) groups is 2. The summed E-state index contributed by atoms with van der Waals surface area (Å²) in [7, 11) is 2.04. The van der Waals surface area contributed by atoms with Gasteiger partial charge in [-0.2, -0.15) is 0 Å². The van der Waals surface area contributed by atoms with Crippen molar-refractivity contribution in [3.05, 3.63) is 76.7 Å². The Kier molecular flexibility index (Phi) is 4.52. The number of allylic oxidation sites excluding steroid dienone is 2. The minimum absolute atomic E-state index is 0.106. The summed E-state index contributed by atoms with van der Waals surface area (Å²) in [5.74, 6) is -2.38. The van der Waals surface area contributed by atoms with E-state index in [-0.39, 0.29) is 17.2 Å². The number of nitrogens with zero attached hydrogens (tertiary/aromatic N) is 2. The number of rotatable bonds is 3. The first-order valence-corrected chi connectivity index (χ1v) is 9.34. The number of hydrogen-bond donors (Lipinski definition) is 2. The van der Waals surface area contributed by atoms with Gasteiger partial charge in [0, 0.05) is 16.8 Å². The fourth-order valence-electron chi connectivity index (χ4n) is 3.23. The van der Waals surface area contributed by atoms with Crippen LogP contribution in [-0.2, 0) is 0 Å². The van der Waals surface area contributed by atoms with Crippen molar-refractivity contribution in [3.8, 4) is 0 Å². The number of carboxylic acids is 2. The predicted octanol–water partition coefficient (Wildman–Crippen LogP) is 4.22. The van der Waals surface area contributed by atoms with Crippen molar-refractivity contribution in [2.45, 2.75) is 10.9 Å². The van der Waals surface area contributed by atoms with Gasteiger partial charge < -0.3 is 15.1 Å². The van der Waals surface area contributed by atoms with Crippen LogP contribution in [0.25, 0.3) is 0 Å². The van der Waals surface area contributed by atoms with Gasteiger partial charge in [-0.15, -0.1) is 0 Å². The van der Waals surface area contributed by atoms with Crippen molar-refractivity contribution in [3.63, 3.8) is 0 Å². The van der Waals surface area contributed by atoms with E-state index in [1.807, 2.05) is 37.4 Å². The number of aromatic carboxylic acids is 2. The summed E-state index contributed by atoms with van der Waals surface area (Å²) in [6.45, 7) is 0. The molecule has 0 bridgehead atoms.